The number of hydrogen-bond acceptors (Lipinski definition) is 3. The number of nitrogens with zero attached hydrogens (tertiary/aromatic N) is 1. The largest absolute Gasteiger partial charge is 0.461 e. The summed E-state index contributed by atoms with van der Waals surface area (Å²) in [6, 6.07) is 0. The minimum atomic E-state index is -0.235. The maximum Gasteiger partial charge on any atom is 0.461 e. The van der Waals surface area contributed by atoms with Gasteiger partial charge in [-0.25, -0.2) is 0 Å². The van der Waals surface area contributed by atoms with E-state index in [0.717, 1.165) is 12.9 Å². The molecule has 0 unspecified atom stereocenters. The van der Waals surface area contributed by atoms with Gasteiger partial charge in [0.1, 0.15) is 0 Å². The Morgan fingerprint density at radius 2 is 1.67 bits per heavy atom. The number of rotatable bonds is 5. The Hall–Kier alpha value is -0.575. The smallest absolute Gasteiger partial charge is 0.403 e. The lowest BCUT2D eigenvalue weighted by atomic mass is 9.84. The molecule has 0 spiro atoms. The fourth-order valence-corrected chi connectivity index (χ4v) is 2.91. The van der Waals surface area contributed by atoms with Crippen molar-refractivity contribution in [2.24, 2.45) is 0 Å². The predicted molar refractivity (Wildman–Crippen MR) is 89.5 cm³/mol. The van der Waals surface area contributed by atoms with Crippen molar-refractivity contribution in [1.82, 2.24) is 4.90 Å². The van der Waals surface area contributed by atoms with E-state index in [2.05, 4.69) is 57.7 Å². The molecule has 2 fully saturated rings. The average molecular weight is 291 g/mol. The van der Waals surface area contributed by atoms with Gasteiger partial charge in [-0.05, 0) is 66.1 Å². The van der Waals surface area contributed by atoms with E-state index in [4.69, 9.17) is 9.31 Å². The van der Waals surface area contributed by atoms with Crippen molar-refractivity contribution in [2.45, 2.75) is 65.0 Å². The van der Waals surface area contributed by atoms with E-state index in [-0.39, 0.29) is 18.3 Å². The van der Waals surface area contributed by atoms with Crippen molar-refractivity contribution >= 4 is 7.12 Å². The van der Waals surface area contributed by atoms with Crippen LogP contribution in [0.1, 0.15) is 47.5 Å². The first kappa shape index (κ1) is 16.8. The molecule has 0 radical (unpaired) electrons. The molecule has 2 aliphatic heterocycles. The first-order valence-electron chi connectivity index (χ1n) is 8.24. The zero-order chi connectivity index (χ0) is 15.5. The topological polar surface area (TPSA) is 21.7 Å². The second kappa shape index (κ2) is 6.68. The van der Waals surface area contributed by atoms with Crippen LogP contribution in [0.15, 0.2) is 23.8 Å². The van der Waals surface area contributed by atoms with Gasteiger partial charge in [0, 0.05) is 12.9 Å². The molecule has 0 saturated carbocycles. The van der Waals surface area contributed by atoms with Crippen LogP contribution in [-0.4, -0.2) is 42.9 Å². The predicted octanol–water partition coefficient (Wildman–Crippen LogP) is 3.68. The number of hydrogen-bond donors (Lipinski definition) is 0. The van der Waals surface area contributed by atoms with Crippen LogP contribution in [0.5, 0.6) is 0 Å². The molecule has 0 aromatic heterocycles. The molecule has 0 aromatic rings. The highest BCUT2D eigenvalue weighted by molar-refractivity contribution is 6.46. The lowest BCUT2D eigenvalue weighted by molar-refractivity contribution is 0.00578. The number of allylic oxidation sites excluding steroid dienone is 2. The Bertz CT molecular complexity index is 393. The molecule has 118 valence electrons. The molecular weight excluding hydrogens is 261 g/mol. The van der Waals surface area contributed by atoms with Crippen molar-refractivity contribution in [3.05, 3.63) is 23.8 Å². The SMILES string of the molecule is C/C=C\C(=C/CB1OC(C)(C)C(C)(C)O1)CN1CCCC1. The lowest BCUT2D eigenvalue weighted by Crippen LogP contribution is -2.41. The Morgan fingerprint density at radius 3 is 2.19 bits per heavy atom. The van der Waals surface area contributed by atoms with Gasteiger partial charge in [0.25, 0.3) is 0 Å². The molecule has 2 heterocycles. The third kappa shape index (κ3) is 4.21. The third-order valence-corrected chi connectivity index (χ3v) is 4.86. The van der Waals surface area contributed by atoms with Crippen LogP contribution in [0.25, 0.3) is 0 Å². The normalized spacial score (nSPS) is 26.1. The van der Waals surface area contributed by atoms with Crippen LogP contribution >= 0.6 is 0 Å². The molecule has 21 heavy (non-hydrogen) atoms. The molecule has 0 amide bonds. The van der Waals surface area contributed by atoms with Gasteiger partial charge in [0.15, 0.2) is 0 Å². The molecule has 0 N–H and O–H groups in total. The first-order valence-corrected chi connectivity index (χ1v) is 8.24. The van der Waals surface area contributed by atoms with E-state index in [1.54, 1.807) is 0 Å². The minimum absolute atomic E-state index is 0.131. The van der Waals surface area contributed by atoms with Gasteiger partial charge in [-0.1, -0.05) is 18.2 Å². The Kier molecular flexibility index (Phi) is 5.34. The molecular formula is C17H30BNO2. The van der Waals surface area contributed by atoms with Crippen LogP contribution in [0, 0.1) is 0 Å². The summed E-state index contributed by atoms with van der Waals surface area (Å²) in [5.74, 6) is 0. The molecule has 2 rings (SSSR count). The van der Waals surface area contributed by atoms with Gasteiger partial charge in [-0.15, -0.1) is 0 Å². The first-order chi connectivity index (χ1) is 9.84. The molecule has 4 heteroatoms. The second-order valence-electron chi connectivity index (χ2n) is 7.18. The van der Waals surface area contributed by atoms with Crippen LogP contribution in [0.4, 0.5) is 0 Å². The molecule has 0 aliphatic carbocycles. The second-order valence-corrected chi connectivity index (χ2v) is 7.18. The molecule has 2 saturated heterocycles. The maximum absolute atomic E-state index is 6.06. The van der Waals surface area contributed by atoms with E-state index >= 15 is 0 Å². The summed E-state index contributed by atoms with van der Waals surface area (Å²) >= 11 is 0. The van der Waals surface area contributed by atoms with Crippen molar-refractivity contribution in [3.63, 3.8) is 0 Å². The fraction of sp³-hybridized carbons (Fsp3) is 0.765. The van der Waals surface area contributed by atoms with Gasteiger partial charge in [0.05, 0.1) is 11.2 Å². The highest BCUT2D eigenvalue weighted by Gasteiger charge is 2.50. The lowest BCUT2D eigenvalue weighted by Gasteiger charge is -2.32. The zero-order valence-corrected chi connectivity index (χ0v) is 14.3. The maximum atomic E-state index is 6.06. The quantitative estimate of drug-likeness (QED) is 0.570. The van der Waals surface area contributed by atoms with E-state index in [1.807, 2.05) is 0 Å². The van der Waals surface area contributed by atoms with E-state index in [1.165, 1.54) is 31.5 Å². The summed E-state index contributed by atoms with van der Waals surface area (Å²) < 4.78 is 12.1. The van der Waals surface area contributed by atoms with Gasteiger partial charge in [0.2, 0.25) is 0 Å². The zero-order valence-electron chi connectivity index (χ0n) is 14.3. The van der Waals surface area contributed by atoms with Crippen LogP contribution in [-0.2, 0) is 9.31 Å². The van der Waals surface area contributed by atoms with Gasteiger partial charge in [-0.2, -0.15) is 0 Å². The van der Waals surface area contributed by atoms with Crippen molar-refractivity contribution in [1.29, 1.82) is 0 Å². The van der Waals surface area contributed by atoms with E-state index in [0.29, 0.717) is 0 Å². The summed E-state index contributed by atoms with van der Waals surface area (Å²) in [5, 5.41) is 0. The molecule has 0 aromatic carbocycles. The molecule has 0 atom stereocenters. The Balaban J connectivity index is 1.94. The van der Waals surface area contributed by atoms with Crippen LogP contribution < -0.4 is 0 Å². The Labute approximate surface area is 130 Å². The van der Waals surface area contributed by atoms with Gasteiger partial charge >= 0.3 is 7.12 Å². The highest BCUT2D eigenvalue weighted by atomic mass is 16.7. The van der Waals surface area contributed by atoms with Crippen LogP contribution in [0.2, 0.25) is 6.32 Å². The van der Waals surface area contributed by atoms with Gasteiger partial charge < -0.3 is 9.31 Å². The summed E-state index contributed by atoms with van der Waals surface area (Å²) in [6.45, 7) is 14.0. The fourth-order valence-electron chi connectivity index (χ4n) is 2.91. The highest BCUT2D eigenvalue weighted by Crippen LogP contribution is 2.37. The third-order valence-electron chi connectivity index (χ3n) is 4.86. The van der Waals surface area contributed by atoms with Gasteiger partial charge in [-0.3, -0.25) is 4.90 Å². The summed E-state index contributed by atoms with van der Waals surface area (Å²) in [4.78, 5) is 2.52. The summed E-state index contributed by atoms with van der Waals surface area (Å²) in [6.07, 6.45) is 10.1. The van der Waals surface area contributed by atoms with Crippen LogP contribution in [0.3, 0.4) is 0 Å². The van der Waals surface area contributed by atoms with Crippen molar-refractivity contribution in [2.75, 3.05) is 19.6 Å². The average Bonchev–Trinajstić information content (AvgIpc) is 2.94. The monoisotopic (exact) mass is 291 g/mol. The summed E-state index contributed by atoms with van der Waals surface area (Å²) in [7, 11) is -0.131. The molecule has 0 bridgehead atoms. The van der Waals surface area contributed by atoms with Crippen molar-refractivity contribution in [3.8, 4) is 0 Å². The summed E-state index contributed by atoms with van der Waals surface area (Å²) in [5.41, 5.74) is 0.900. The Morgan fingerprint density at radius 1 is 1.10 bits per heavy atom. The number of likely N-dealkylation sites (tertiary alicyclic amines) is 1. The van der Waals surface area contributed by atoms with E-state index < -0.39 is 0 Å². The molecule has 2 aliphatic rings. The van der Waals surface area contributed by atoms with Crippen molar-refractivity contribution < 1.29 is 9.31 Å². The molecule has 3 nitrogen and oxygen atoms in total. The standard InChI is InChI=1S/C17H30BNO2/c1-6-9-15(14-19-12-7-8-13-19)10-11-18-20-16(2,3)17(4,5)21-18/h6,9-10H,7-8,11-14H2,1-5H3/b9-6-,15-10+. The minimum Gasteiger partial charge on any atom is -0.403 e. The van der Waals surface area contributed by atoms with E-state index in [9.17, 15) is 0 Å².